The Hall–Kier alpha value is -1.23. The average Bonchev–Trinajstić information content (AvgIpc) is 3.08. The zero-order valence-corrected chi connectivity index (χ0v) is 10.2. The van der Waals surface area contributed by atoms with Crippen molar-refractivity contribution in [3.63, 3.8) is 0 Å². The Morgan fingerprint density at radius 1 is 1.33 bits per heavy atom. The maximum absolute atomic E-state index is 12.4. The zero-order chi connectivity index (χ0) is 13.2. The number of hydrogen-bond donors (Lipinski definition) is 1. The lowest BCUT2D eigenvalue weighted by atomic mass is 10.1. The second kappa shape index (κ2) is 5.18. The van der Waals surface area contributed by atoms with E-state index in [1.165, 1.54) is 6.07 Å². The average molecular weight is 259 g/mol. The van der Waals surface area contributed by atoms with E-state index in [-0.39, 0.29) is 11.7 Å². The van der Waals surface area contributed by atoms with E-state index < -0.39 is 6.36 Å². The first kappa shape index (κ1) is 13.2. The Labute approximate surface area is 104 Å². The summed E-state index contributed by atoms with van der Waals surface area (Å²) in [7, 11) is 0. The van der Waals surface area contributed by atoms with Gasteiger partial charge in [-0.05, 0) is 42.5 Å². The molecule has 2 nitrogen and oxygen atoms in total. The third-order valence-electron chi connectivity index (χ3n) is 2.90. The van der Waals surface area contributed by atoms with E-state index in [4.69, 9.17) is 0 Å². The van der Waals surface area contributed by atoms with E-state index in [0.29, 0.717) is 12.1 Å². The molecule has 100 valence electrons. The van der Waals surface area contributed by atoms with E-state index in [1.54, 1.807) is 6.07 Å². The van der Waals surface area contributed by atoms with Crippen LogP contribution in [-0.2, 0) is 6.54 Å². The maximum Gasteiger partial charge on any atom is 0.573 e. The molecule has 0 heterocycles. The molecular formula is C13H16F3NO. The van der Waals surface area contributed by atoms with Gasteiger partial charge in [-0.3, -0.25) is 0 Å². The minimum Gasteiger partial charge on any atom is -0.405 e. The number of ether oxygens (including phenoxy) is 1. The number of benzene rings is 1. The molecule has 1 aromatic carbocycles. The van der Waals surface area contributed by atoms with Crippen molar-refractivity contribution >= 4 is 0 Å². The van der Waals surface area contributed by atoms with Gasteiger partial charge in [-0.2, -0.15) is 0 Å². The smallest absolute Gasteiger partial charge is 0.405 e. The molecule has 1 N–H and O–H groups in total. The van der Waals surface area contributed by atoms with Crippen LogP contribution in [0.5, 0.6) is 5.75 Å². The summed E-state index contributed by atoms with van der Waals surface area (Å²) < 4.78 is 41.2. The van der Waals surface area contributed by atoms with Gasteiger partial charge in [0.05, 0.1) is 0 Å². The van der Waals surface area contributed by atoms with Crippen LogP contribution in [0.1, 0.15) is 36.8 Å². The van der Waals surface area contributed by atoms with Crippen molar-refractivity contribution in [1.82, 2.24) is 5.32 Å². The first-order valence-corrected chi connectivity index (χ1v) is 6.09. The van der Waals surface area contributed by atoms with E-state index in [2.05, 4.69) is 10.1 Å². The lowest BCUT2D eigenvalue weighted by Crippen LogP contribution is -2.18. The van der Waals surface area contributed by atoms with Gasteiger partial charge < -0.3 is 10.1 Å². The molecule has 0 aliphatic heterocycles. The molecule has 1 saturated carbocycles. The van der Waals surface area contributed by atoms with Crippen LogP contribution in [-0.4, -0.2) is 12.9 Å². The van der Waals surface area contributed by atoms with Crippen molar-refractivity contribution in [1.29, 1.82) is 0 Å². The molecule has 18 heavy (non-hydrogen) atoms. The fourth-order valence-corrected chi connectivity index (χ4v) is 1.90. The second-order valence-electron chi connectivity index (χ2n) is 4.47. The maximum atomic E-state index is 12.4. The third kappa shape index (κ3) is 3.63. The highest BCUT2D eigenvalue weighted by Crippen LogP contribution is 2.45. The van der Waals surface area contributed by atoms with Gasteiger partial charge in [0.15, 0.2) is 0 Å². The highest BCUT2D eigenvalue weighted by Gasteiger charge is 2.35. The first-order chi connectivity index (χ1) is 8.49. The Bertz CT molecular complexity index is 413. The number of alkyl halides is 3. The molecule has 0 radical (unpaired) electrons. The van der Waals surface area contributed by atoms with Gasteiger partial charge >= 0.3 is 6.36 Å². The summed E-state index contributed by atoms with van der Waals surface area (Å²) >= 11 is 0. The van der Waals surface area contributed by atoms with Crippen LogP contribution in [0, 0.1) is 0 Å². The van der Waals surface area contributed by atoms with Crippen LogP contribution in [0.15, 0.2) is 18.2 Å². The minimum atomic E-state index is -4.62. The molecule has 0 saturated heterocycles. The molecule has 1 fully saturated rings. The summed E-state index contributed by atoms with van der Waals surface area (Å²) in [5, 5.41) is 3.08. The first-order valence-electron chi connectivity index (χ1n) is 6.09. The Balaban J connectivity index is 2.20. The molecule has 1 aliphatic carbocycles. The van der Waals surface area contributed by atoms with Crippen molar-refractivity contribution in [2.75, 3.05) is 6.54 Å². The van der Waals surface area contributed by atoms with Gasteiger partial charge in [-0.25, -0.2) is 0 Å². The largest absolute Gasteiger partial charge is 0.573 e. The topological polar surface area (TPSA) is 21.3 Å². The second-order valence-corrected chi connectivity index (χ2v) is 4.47. The van der Waals surface area contributed by atoms with Crippen molar-refractivity contribution in [3.8, 4) is 5.75 Å². The normalized spacial score (nSPS) is 15.8. The molecule has 2 rings (SSSR count). The number of hydrogen-bond acceptors (Lipinski definition) is 2. The summed E-state index contributed by atoms with van der Waals surface area (Å²) in [5.74, 6) is 0.191. The Morgan fingerprint density at radius 3 is 2.61 bits per heavy atom. The summed E-state index contributed by atoms with van der Waals surface area (Å²) in [6.07, 6.45) is -2.73. The predicted octanol–water partition coefficient (Wildman–Crippen LogP) is 3.57. The molecule has 1 aliphatic rings. The van der Waals surface area contributed by atoms with Crippen molar-refractivity contribution in [2.24, 2.45) is 0 Å². The van der Waals surface area contributed by atoms with Gasteiger partial charge in [0.25, 0.3) is 0 Å². The lowest BCUT2D eigenvalue weighted by Gasteiger charge is -2.14. The predicted molar refractivity (Wildman–Crippen MR) is 62.5 cm³/mol. The fourth-order valence-electron chi connectivity index (χ4n) is 1.90. The molecule has 0 unspecified atom stereocenters. The van der Waals surface area contributed by atoms with Gasteiger partial charge in [-0.1, -0.05) is 19.1 Å². The standard InChI is InChI=1S/C13H16F3NO/c1-2-17-8-9-3-6-11(10-4-5-10)12(7-9)18-13(14,15)16/h3,6-7,10,17H,2,4-5,8H2,1H3. The molecule has 5 heteroatoms. The van der Waals surface area contributed by atoms with Crippen LogP contribution in [0.25, 0.3) is 0 Å². The van der Waals surface area contributed by atoms with Crippen LogP contribution in [0.3, 0.4) is 0 Å². The van der Waals surface area contributed by atoms with Gasteiger partial charge in [0.2, 0.25) is 0 Å². The lowest BCUT2D eigenvalue weighted by molar-refractivity contribution is -0.274. The van der Waals surface area contributed by atoms with Crippen molar-refractivity contribution in [2.45, 2.75) is 38.6 Å². The molecule has 0 bridgehead atoms. The van der Waals surface area contributed by atoms with Gasteiger partial charge in [0, 0.05) is 6.54 Å². The zero-order valence-electron chi connectivity index (χ0n) is 10.2. The van der Waals surface area contributed by atoms with Crippen molar-refractivity contribution in [3.05, 3.63) is 29.3 Å². The molecular weight excluding hydrogens is 243 g/mol. The Kier molecular flexibility index (Phi) is 3.80. The summed E-state index contributed by atoms with van der Waals surface area (Å²) in [4.78, 5) is 0. The quantitative estimate of drug-likeness (QED) is 0.872. The van der Waals surface area contributed by atoms with Crippen molar-refractivity contribution < 1.29 is 17.9 Å². The van der Waals surface area contributed by atoms with Crippen LogP contribution >= 0.6 is 0 Å². The number of rotatable bonds is 5. The third-order valence-corrected chi connectivity index (χ3v) is 2.90. The monoisotopic (exact) mass is 259 g/mol. The molecule has 0 spiro atoms. The molecule has 0 amide bonds. The highest BCUT2D eigenvalue weighted by molar-refractivity contribution is 5.42. The minimum absolute atomic E-state index is 0.0413. The molecule has 0 aromatic heterocycles. The van der Waals surface area contributed by atoms with E-state index in [0.717, 1.165) is 24.9 Å². The summed E-state index contributed by atoms with van der Waals surface area (Å²) in [6, 6.07) is 5.11. The van der Waals surface area contributed by atoms with E-state index in [1.807, 2.05) is 13.0 Å². The number of nitrogens with one attached hydrogen (secondary N) is 1. The summed E-state index contributed by atoms with van der Waals surface area (Å²) in [6.45, 7) is 3.28. The van der Waals surface area contributed by atoms with E-state index in [9.17, 15) is 13.2 Å². The SMILES string of the molecule is CCNCc1ccc(C2CC2)c(OC(F)(F)F)c1. The number of halogens is 3. The van der Waals surface area contributed by atoms with Crippen LogP contribution in [0.4, 0.5) is 13.2 Å². The fraction of sp³-hybridized carbons (Fsp3) is 0.538. The van der Waals surface area contributed by atoms with Gasteiger partial charge in [0.1, 0.15) is 5.75 Å². The van der Waals surface area contributed by atoms with E-state index >= 15 is 0 Å². The highest BCUT2D eigenvalue weighted by atomic mass is 19.4. The Morgan fingerprint density at radius 2 is 2.06 bits per heavy atom. The molecule has 0 atom stereocenters. The molecule has 1 aromatic rings. The van der Waals surface area contributed by atoms with Crippen LogP contribution < -0.4 is 10.1 Å². The van der Waals surface area contributed by atoms with Crippen LogP contribution in [0.2, 0.25) is 0 Å². The van der Waals surface area contributed by atoms with Gasteiger partial charge in [-0.15, -0.1) is 13.2 Å². The summed E-state index contributed by atoms with van der Waals surface area (Å²) in [5.41, 5.74) is 1.48.